The molecular weight excluding hydrogens is 332 g/mol. The van der Waals surface area contributed by atoms with Crippen molar-refractivity contribution in [3.05, 3.63) is 26.9 Å². The van der Waals surface area contributed by atoms with Gasteiger partial charge in [-0.05, 0) is 35.7 Å². The number of aryl methyl sites for hydroxylation is 1. The Morgan fingerprint density at radius 2 is 2.32 bits per heavy atom. The lowest BCUT2D eigenvalue weighted by atomic mass is 10.3. The largest absolute Gasteiger partial charge is 0.337 e. The minimum Gasteiger partial charge on any atom is -0.337 e. The lowest BCUT2D eigenvalue weighted by Crippen LogP contribution is -2.38. The van der Waals surface area contributed by atoms with Gasteiger partial charge >= 0.3 is 6.03 Å². The van der Waals surface area contributed by atoms with Gasteiger partial charge in [0.25, 0.3) is 5.89 Å². The highest BCUT2D eigenvalue weighted by Crippen LogP contribution is 2.44. The molecule has 2 aromatic heterocycles. The van der Waals surface area contributed by atoms with E-state index in [0.717, 1.165) is 23.0 Å². The van der Waals surface area contributed by atoms with Crippen LogP contribution in [-0.4, -0.2) is 16.2 Å². The smallest absolute Gasteiger partial charge is 0.320 e. The van der Waals surface area contributed by atoms with E-state index in [4.69, 9.17) is 4.52 Å². The van der Waals surface area contributed by atoms with Crippen molar-refractivity contribution in [2.75, 3.05) is 5.32 Å². The van der Waals surface area contributed by atoms with Crippen molar-refractivity contribution in [2.24, 2.45) is 0 Å². The van der Waals surface area contributed by atoms with Crippen LogP contribution in [0, 0.1) is 6.92 Å². The van der Waals surface area contributed by atoms with Crippen LogP contribution in [0.5, 0.6) is 0 Å². The molecule has 2 heterocycles. The van der Waals surface area contributed by atoms with Gasteiger partial charge in [-0.25, -0.2) is 4.79 Å². The molecule has 2 aromatic rings. The van der Waals surface area contributed by atoms with E-state index in [9.17, 15) is 4.79 Å². The summed E-state index contributed by atoms with van der Waals surface area (Å²) in [7, 11) is 0. The second-order valence-electron chi connectivity index (χ2n) is 4.44. The minimum atomic E-state index is -0.492. The number of thiophene rings is 1. The zero-order valence-electron chi connectivity index (χ0n) is 10.1. The number of nitrogens with zero attached hydrogens (tertiary/aromatic N) is 2. The van der Waals surface area contributed by atoms with Crippen LogP contribution in [0.4, 0.5) is 10.5 Å². The highest BCUT2D eigenvalue weighted by atomic mass is 79.9. The molecule has 0 aliphatic heterocycles. The Hall–Kier alpha value is -1.41. The number of anilines is 1. The van der Waals surface area contributed by atoms with Crippen LogP contribution >= 0.6 is 27.3 Å². The van der Waals surface area contributed by atoms with E-state index in [0.29, 0.717) is 11.7 Å². The molecule has 19 heavy (non-hydrogen) atoms. The predicted octanol–water partition coefficient (Wildman–Crippen LogP) is 3.01. The van der Waals surface area contributed by atoms with E-state index in [-0.39, 0.29) is 6.03 Å². The van der Waals surface area contributed by atoms with E-state index in [1.54, 1.807) is 6.92 Å². The molecule has 0 saturated heterocycles. The molecule has 2 amide bonds. The molecule has 3 rings (SSSR count). The van der Waals surface area contributed by atoms with Crippen molar-refractivity contribution in [3.8, 4) is 0 Å². The molecule has 1 aliphatic carbocycles. The third kappa shape index (κ3) is 2.50. The average molecular weight is 343 g/mol. The van der Waals surface area contributed by atoms with Crippen molar-refractivity contribution in [2.45, 2.75) is 25.3 Å². The van der Waals surface area contributed by atoms with E-state index in [1.807, 2.05) is 10.8 Å². The van der Waals surface area contributed by atoms with Crippen molar-refractivity contribution >= 4 is 39.0 Å². The summed E-state index contributed by atoms with van der Waals surface area (Å²) in [5.74, 6) is 1.05. The molecule has 100 valence electrons. The number of aromatic nitrogens is 2. The van der Waals surface area contributed by atoms with E-state index in [1.165, 1.54) is 11.3 Å². The third-order valence-corrected chi connectivity index (χ3v) is 4.61. The lowest BCUT2D eigenvalue weighted by Gasteiger charge is -2.13. The van der Waals surface area contributed by atoms with Crippen LogP contribution in [0.3, 0.4) is 0 Å². The Morgan fingerprint density at radius 3 is 2.84 bits per heavy atom. The molecule has 6 nitrogen and oxygen atoms in total. The molecule has 0 spiro atoms. The summed E-state index contributed by atoms with van der Waals surface area (Å²) in [6, 6.07) is -0.271. The number of halogens is 1. The third-order valence-electron chi connectivity index (χ3n) is 2.90. The van der Waals surface area contributed by atoms with Crippen molar-refractivity contribution < 1.29 is 9.32 Å². The number of rotatable bonds is 3. The Morgan fingerprint density at radius 1 is 1.53 bits per heavy atom. The topological polar surface area (TPSA) is 80.0 Å². The monoisotopic (exact) mass is 342 g/mol. The van der Waals surface area contributed by atoms with Crippen LogP contribution in [0.25, 0.3) is 0 Å². The normalized spacial score (nSPS) is 16.1. The lowest BCUT2D eigenvalue weighted by molar-refractivity contribution is 0.241. The molecule has 8 heteroatoms. The van der Waals surface area contributed by atoms with E-state index >= 15 is 0 Å². The molecule has 1 fully saturated rings. The maximum absolute atomic E-state index is 12.0. The van der Waals surface area contributed by atoms with Crippen LogP contribution in [0.2, 0.25) is 0 Å². The summed E-state index contributed by atoms with van der Waals surface area (Å²) in [4.78, 5) is 16.2. The van der Waals surface area contributed by atoms with Gasteiger partial charge in [-0.2, -0.15) is 4.98 Å². The standard InChI is InChI=1S/C11H11BrN4O2S/c1-6-13-9(18-16-6)11(2-3-11)15-10(17)14-8-5-19-4-7(8)12/h4-5H,2-3H2,1H3,(H2,14,15,17). The second kappa shape index (κ2) is 4.61. The number of urea groups is 1. The first-order valence-electron chi connectivity index (χ1n) is 5.71. The molecule has 1 aliphatic rings. The summed E-state index contributed by atoms with van der Waals surface area (Å²) < 4.78 is 6.01. The van der Waals surface area contributed by atoms with Crippen molar-refractivity contribution in [3.63, 3.8) is 0 Å². The number of carbonyl (C=O) groups excluding carboxylic acids is 1. The average Bonchev–Trinajstić information content (AvgIpc) is 2.80. The summed E-state index contributed by atoms with van der Waals surface area (Å²) in [5, 5.41) is 13.2. The van der Waals surface area contributed by atoms with Gasteiger partial charge in [0.2, 0.25) is 0 Å². The van der Waals surface area contributed by atoms with E-state index in [2.05, 4.69) is 36.7 Å². The highest BCUT2D eigenvalue weighted by molar-refractivity contribution is 9.10. The highest BCUT2D eigenvalue weighted by Gasteiger charge is 2.50. The number of hydrogen-bond donors (Lipinski definition) is 2. The van der Waals surface area contributed by atoms with Crippen LogP contribution in [0.1, 0.15) is 24.6 Å². The van der Waals surface area contributed by atoms with Gasteiger partial charge in [-0.1, -0.05) is 5.16 Å². The van der Waals surface area contributed by atoms with Gasteiger partial charge in [0.1, 0.15) is 5.54 Å². The molecule has 0 aromatic carbocycles. The summed E-state index contributed by atoms with van der Waals surface area (Å²) in [6.07, 6.45) is 1.62. The summed E-state index contributed by atoms with van der Waals surface area (Å²) in [5.41, 5.74) is 0.258. The SMILES string of the molecule is Cc1noc(C2(NC(=O)Nc3cscc3Br)CC2)n1. The van der Waals surface area contributed by atoms with Crippen molar-refractivity contribution in [1.29, 1.82) is 0 Å². The molecular formula is C11H11BrN4O2S. The zero-order chi connectivity index (χ0) is 13.5. The Labute approximate surface area is 121 Å². The Bertz CT molecular complexity index is 620. The first-order chi connectivity index (χ1) is 9.09. The molecule has 0 radical (unpaired) electrons. The second-order valence-corrected chi connectivity index (χ2v) is 6.04. The zero-order valence-corrected chi connectivity index (χ0v) is 12.5. The first kappa shape index (κ1) is 12.6. The summed E-state index contributed by atoms with van der Waals surface area (Å²) in [6.45, 7) is 1.76. The predicted molar refractivity (Wildman–Crippen MR) is 74.1 cm³/mol. The van der Waals surface area contributed by atoms with Gasteiger partial charge < -0.3 is 15.2 Å². The fourth-order valence-corrected chi connectivity index (χ4v) is 3.08. The van der Waals surface area contributed by atoms with Gasteiger partial charge in [0, 0.05) is 10.8 Å². The molecule has 0 unspecified atom stereocenters. The van der Waals surface area contributed by atoms with Gasteiger partial charge in [-0.15, -0.1) is 11.3 Å². The van der Waals surface area contributed by atoms with Crippen LogP contribution in [-0.2, 0) is 5.54 Å². The fraction of sp³-hybridized carbons (Fsp3) is 0.364. The van der Waals surface area contributed by atoms with Crippen LogP contribution < -0.4 is 10.6 Å². The van der Waals surface area contributed by atoms with Gasteiger partial charge in [-0.3, -0.25) is 0 Å². The number of hydrogen-bond acceptors (Lipinski definition) is 5. The van der Waals surface area contributed by atoms with Crippen molar-refractivity contribution in [1.82, 2.24) is 15.5 Å². The quantitative estimate of drug-likeness (QED) is 0.898. The van der Waals surface area contributed by atoms with Gasteiger partial charge in [0.05, 0.1) is 10.2 Å². The minimum absolute atomic E-state index is 0.271. The number of amides is 2. The van der Waals surface area contributed by atoms with Gasteiger partial charge in [0.15, 0.2) is 5.82 Å². The maximum Gasteiger partial charge on any atom is 0.320 e. The maximum atomic E-state index is 12.0. The first-order valence-corrected chi connectivity index (χ1v) is 7.44. The number of nitrogens with one attached hydrogen (secondary N) is 2. The fourth-order valence-electron chi connectivity index (χ4n) is 1.75. The summed E-state index contributed by atoms with van der Waals surface area (Å²) >= 11 is 4.88. The number of carbonyl (C=O) groups is 1. The molecule has 0 bridgehead atoms. The van der Waals surface area contributed by atoms with E-state index < -0.39 is 5.54 Å². The molecule has 1 saturated carbocycles. The molecule has 2 N–H and O–H groups in total. The Balaban J connectivity index is 1.68. The molecule has 0 atom stereocenters. The van der Waals surface area contributed by atoms with Crippen LogP contribution in [0.15, 0.2) is 19.8 Å². The Kier molecular flexibility index (Phi) is 3.06.